The van der Waals surface area contributed by atoms with E-state index in [4.69, 9.17) is 4.74 Å². The van der Waals surface area contributed by atoms with Crippen LogP contribution in [0.1, 0.15) is 33.2 Å². The fraction of sp³-hybridized carbons (Fsp3) is 0.176. The number of halogens is 1. The second-order valence-electron chi connectivity index (χ2n) is 4.83. The van der Waals surface area contributed by atoms with Crippen LogP contribution in [0.25, 0.3) is 0 Å². The molecule has 1 atom stereocenters. The first-order valence-corrected chi connectivity index (χ1v) is 6.53. The number of rotatable bonds is 5. The van der Waals surface area contributed by atoms with E-state index in [9.17, 15) is 14.0 Å². The molecule has 21 heavy (non-hydrogen) atoms. The monoisotopic (exact) mass is 286 g/mol. The molecule has 0 aromatic heterocycles. The van der Waals surface area contributed by atoms with Crippen LogP contribution in [-0.4, -0.2) is 18.2 Å². The van der Waals surface area contributed by atoms with Gasteiger partial charge < -0.3 is 4.74 Å². The Balaban J connectivity index is 2.15. The summed E-state index contributed by atoms with van der Waals surface area (Å²) in [5.41, 5.74) is 1.75. The summed E-state index contributed by atoms with van der Waals surface area (Å²) < 4.78 is 18.7. The van der Waals surface area contributed by atoms with Crippen molar-refractivity contribution in [3.05, 3.63) is 65.0 Å². The van der Waals surface area contributed by atoms with Gasteiger partial charge in [0.1, 0.15) is 17.9 Å². The molecule has 2 aromatic carbocycles. The Hall–Kier alpha value is -2.49. The van der Waals surface area contributed by atoms with Gasteiger partial charge in [-0.25, -0.2) is 4.39 Å². The lowest BCUT2D eigenvalue weighted by atomic mass is 10.1. The van der Waals surface area contributed by atoms with Crippen LogP contribution in [0.4, 0.5) is 4.39 Å². The molecule has 1 unspecified atom stereocenters. The maximum Gasteiger partial charge on any atom is 0.202 e. The SMILES string of the molecule is Cc1ccc(C(=O)C(C)Oc2cc(F)cc(C=O)c2)cc1. The molecule has 0 spiro atoms. The molecular weight excluding hydrogens is 271 g/mol. The maximum atomic E-state index is 13.3. The average Bonchev–Trinajstić information content (AvgIpc) is 2.46. The Kier molecular flexibility index (Phi) is 4.48. The van der Waals surface area contributed by atoms with E-state index in [1.165, 1.54) is 6.07 Å². The van der Waals surface area contributed by atoms with Gasteiger partial charge in [0.15, 0.2) is 6.10 Å². The lowest BCUT2D eigenvalue weighted by Crippen LogP contribution is -2.24. The van der Waals surface area contributed by atoms with E-state index in [-0.39, 0.29) is 17.1 Å². The number of carbonyl (C=O) groups is 2. The van der Waals surface area contributed by atoms with Gasteiger partial charge in [0.2, 0.25) is 5.78 Å². The molecule has 3 nitrogen and oxygen atoms in total. The van der Waals surface area contributed by atoms with Crippen LogP contribution in [0.15, 0.2) is 42.5 Å². The van der Waals surface area contributed by atoms with Gasteiger partial charge in [-0.1, -0.05) is 29.8 Å². The molecule has 0 aliphatic carbocycles. The molecule has 0 aliphatic rings. The number of hydrogen-bond donors (Lipinski definition) is 0. The first kappa shape index (κ1) is 14.9. The molecule has 0 radical (unpaired) electrons. The minimum absolute atomic E-state index is 0.157. The van der Waals surface area contributed by atoms with Crippen molar-refractivity contribution in [1.82, 2.24) is 0 Å². The van der Waals surface area contributed by atoms with Crippen LogP contribution < -0.4 is 4.74 Å². The van der Waals surface area contributed by atoms with E-state index in [2.05, 4.69) is 0 Å². The summed E-state index contributed by atoms with van der Waals surface area (Å²) >= 11 is 0. The second-order valence-corrected chi connectivity index (χ2v) is 4.83. The number of benzene rings is 2. The Morgan fingerprint density at radius 1 is 1.19 bits per heavy atom. The van der Waals surface area contributed by atoms with Crippen molar-refractivity contribution in [3.8, 4) is 5.75 Å². The van der Waals surface area contributed by atoms with Gasteiger partial charge in [0, 0.05) is 17.2 Å². The van der Waals surface area contributed by atoms with E-state index >= 15 is 0 Å². The zero-order chi connectivity index (χ0) is 15.4. The molecule has 2 aromatic rings. The predicted octanol–water partition coefficient (Wildman–Crippen LogP) is 3.60. The van der Waals surface area contributed by atoms with Crippen molar-refractivity contribution in [2.24, 2.45) is 0 Å². The minimum atomic E-state index is -0.769. The number of aryl methyl sites for hydroxylation is 1. The smallest absolute Gasteiger partial charge is 0.202 e. The van der Waals surface area contributed by atoms with Crippen molar-refractivity contribution in [1.29, 1.82) is 0 Å². The summed E-state index contributed by atoms with van der Waals surface area (Å²) in [6.45, 7) is 3.52. The van der Waals surface area contributed by atoms with E-state index in [0.717, 1.165) is 17.7 Å². The van der Waals surface area contributed by atoms with Gasteiger partial charge in [-0.05, 0) is 26.0 Å². The molecule has 0 aliphatic heterocycles. The van der Waals surface area contributed by atoms with Crippen molar-refractivity contribution in [2.45, 2.75) is 20.0 Å². The fourth-order valence-corrected chi connectivity index (χ4v) is 1.93. The highest BCUT2D eigenvalue weighted by Crippen LogP contribution is 2.18. The summed E-state index contributed by atoms with van der Waals surface area (Å²) in [5, 5.41) is 0. The topological polar surface area (TPSA) is 43.4 Å². The van der Waals surface area contributed by atoms with E-state index in [1.807, 2.05) is 19.1 Å². The fourth-order valence-electron chi connectivity index (χ4n) is 1.93. The summed E-state index contributed by atoms with van der Waals surface area (Å²) in [5.74, 6) is -0.624. The van der Waals surface area contributed by atoms with Crippen LogP contribution in [0.2, 0.25) is 0 Å². The Morgan fingerprint density at radius 3 is 2.48 bits per heavy atom. The van der Waals surface area contributed by atoms with E-state index in [0.29, 0.717) is 11.8 Å². The number of aldehydes is 1. The highest BCUT2D eigenvalue weighted by atomic mass is 19.1. The molecule has 0 heterocycles. The van der Waals surface area contributed by atoms with Gasteiger partial charge in [0.05, 0.1) is 0 Å². The van der Waals surface area contributed by atoms with E-state index in [1.54, 1.807) is 19.1 Å². The summed E-state index contributed by atoms with van der Waals surface area (Å²) in [6.07, 6.45) is -0.239. The molecule has 0 fully saturated rings. The molecule has 0 N–H and O–H groups in total. The molecule has 2 rings (SSSR count). The highest BCUT2D eigenvalue weighted by Gasteiger charge is 2.17. The molecular formula is C17H15FO3. The van der Waals surface area contributed by atoms with Gasteiger partial charge in [0.25, 0.3) is 0 Å². The van der Waals surface area contributed by atoms with Gasteiger partial charge in [-0.3, -0.25) is 9.59 Å². The number of ether oxygens (including phenoxy) is 1. The quantitative estimate of drug-likeness (QED) is 0.623. The maximum absolute atomic E-state index is 13.3. The average molecular weight is 286 g/mol. The third-order valence-corrected chi connectivity index (χ3v) is 3.05. The molecule has 0 saturated carbocycles. The van der Waals surface area contributed by atoms with Gasteiger partial charge in [-0.15, -0.1) is 0 Å². The number of carbonyl (C=O) groups excluding carboxylic acids is 2. The summed E-state index contributed by atoms with van der Waals surface area (Å²) in [7, 11) is 0. The summed E-state index contributed by atoms with van der Waals surface area (Å²) in [4.78, 5) is 22.9. The standard InChI is InChI=1S/C17H15FO3/c1-11-3-5-14(6-4-11)17(20)12(2)21-16-8-13(10-19)7-15(18)9-16/h3-10,12H,1-2H3. The van der Waals surface area contributed by atoms with Crippen molar-refractivity contribution in [3.63, 3.8) is 0 Å². The second kappa shape index (κ2) is 6.31. The van der Waals surface area contributed by atoms with Gasteiger partial charge in [-0.2, -0.15) is 0 Å². The van der Waals surface area contributed by atoms with Crippen LogP contribution in [0.3, 0.4) is 0 Å². The summed E-state index contributed by atoms with van der Waals surface area (Å²) in [6, 6.07) is 10.8. The first-order chi connectivity index (χ1) is 9.99. The molecule has 0 saturated heterocycles. The van der Waals surface area contributed by atoms with Crippen molar-refractivity contribution < 1.29 is 18.7 Å². The number of hydrogen-bond acceptors (Lipinski definition) is 3. The largest absolute Gasteiger partial charge is 0.482 e. The van der Waals surface area contributed by atoms with Gasteiger partial charge >= 0.3 is 0 Å². The zero-order valence-electron chi connectivity index (χ0n) is 11.8. The molecule has 108 valence electrons. The Morgan fingerprint density at radius 2 is 1.86 bits per heavy atom. The van der Waals surface area contributed by atoms with Crippen LogP contribution >= 0.6 is 0 Å². The van der Waals surface area contributed by atoms with Crippen LogP contribution in [0, 0.1) is 12.7 Å². The first-order valence-electron chi connectivity index (χ1n) is 6.53. The Bertz CT molecular complexity index is 662. The van der Waals surface area contributed by atoms with Crippen molar-refractivity contribution in [2.75, 3.05) is 0 Å². The number of ketones is 1. The predicted molar refractivity (Wildman–Crippen MR) is 77.4 cm³/mol. The highest BCUT2D eigenvalue weighted by molar-refractivity contribution is 5.99. The van der Waals surface area contributed by atoms with Crippen LogP contribution in [-0.2, 0) is 0 Å². The van der Waals surface area contributed by atoms with Crippen molar-refractivity contribution >= 4 is 12.1 Å². The third kappa shape index (κ3) is 3.75. The Labute approximate surface area is 122 Å². The van der Waals surface area contributed by atoms with E-state index < -0.39 is 11.9 Å². The molecule has 4 heteroatoms. The molecule has 0 bridgehead atoms. The lowest BCUT2D eigenvalue weighted by molar-refractivity contribution is 0.0817. The van der Waals surface area contributed by atoms with Crippen LogP contribution in [0.5, 0.6) is 5.75 Å². The lowest BCUT2D eigenvalue weighted by Gasteiger charge is -2.14. The zero-order valence-corrected chi connectivity index (χ0v) is 11.8. The molecule has 0 amide bonds. The minimum Gasteiger partial charge on any atom is -0.482 e. The normalized spacial score (nSPS) is 11.8. The third-order valence-electron chi connectivity index (χ3n) is 3.05. The number of Topliss-reactive ketones (excluding diaryl/α,β-unsaturated/α-hetero) is 1.